The van der Waals surface area contributed by atoms with Gasteiger partial charge in [0.2, 0.25) is 0 Å². The van der Waals surface area contributed by atoms with Gasteiger partial charge in [-0.05, 0) is 19.4 Å². The molecule has 0 amide bonds. The van der Waals surface area contributed by atoms with Crippen LogP contribution in [0.1, 0.15) is 25.8 Å². The summed E-state index contributed by atoms with van der Waals surface area (Å²) in [6.07, 6.45) is 0.604. The summed E-state index contributed by atoms with van der Waals surface area (Å²) in [5, 5.41) is 1.60. The number of ether oxygens (including phenoxy) is 1. The highest BCUT2D eigenvalue weighted by molar-refractivity contribution is 5.76. The Labute approximate surface area is 107 Å². The van der Waals surface area contributed by atoms with Gasteiger partial charge in [-0.3, -0.25) is 9.63 Å². The van der Waals surface area contributed by atoms with Crippen LogP contribution in [0.2, 0.25) is 0 Å². The Balaban J connectivity index is 2.17. The molecule has 1 heterocycles. The van der Waals surface area contributed by atoms with Gasteiger partial charge in [-0.1, -0.05) is 30.3 Å². The zero-order chi connectivity index (χ0) is 13.2. The Morgan fingerprint density at radius 3 is 2.78 bits per heavy atom. The number of esters is 1. The molecule has 1 aromatic carbocycles. The molecular formula is C14H19NO3. The van der Waals surface area contributed by atoms with Crippen LogP contribution in [0.4, 0.5) is 0 Å². The van der Waals surface area contributed by atoms with E-state index >= 15 is 0 Å². The summed E-state index contributed by atoms with van der Waals surface area (Å²) in [5.41, 5.74) is 0.608. The van der Waals surface area contributed by atoms with Crippen LogP contribution in [-0.2, 0) is 20.0 Å². The van der Waals surface area contributed by atoms with Crippen molar-refractivity contribution in [1.29, 1.82) is 0 Å². The van der Waals surface area contributed by atoms with E-state index in [1.807, 2.05) is 44.2 Å². The van der Waals surface area contributed by atoms with Crippen molar-refractivity contribution in [2.75, 3.05) is 13.7 Å². The van der Waals surface area contributed by atoms with Crippen LogP contribution in [0.15, 0.2) is 30.3 Å². The molecular weight excluding hydrogens is 230 g/mol. The van der Waals surface area contributed by atoms with Gasteiger partial charge >= 0.3 is 5.97 Å². The zero-order valence-electron chi connectivity index (χ0n) is 11.1. The van der Waals surface area contributed by atoms with Crippen LogP contribution < -0.4 is 0 Å². The van der Waals surface area contributed by atoms with E-state index in [1.165, 1.54) is 0 Å². The van der Waals surface area contributed by atoms with Crippen molar-refractivity contribution in [1.82, 2.24) is 5.06 Å². The Kier molecular flexibility index (Phi) is 3.68. The van der Waals surface area contributed by atoms with E-state index in [0.717, 1.165) is 5.56 Å². The number of rotatable bonds is 3. The van der Waals surface area contributed by atoms with Crippen LogP contribution in [0.25, 0.3) is 0 Å². The number of hydrogen-bond donors (Lipinski definition) is 0. The number of benzene rings is 1. The fourth-order valence-corrected chi connectivity index (χ4v) is 2.35. The second kappa shape index (κ2) is 5.08. The van der Waals surface area contributed by atoms with Gasteiger partial charge in [0, 0.05) is 13.5 Å². The first-order valence-corrected chi connectivity index (χ1v) is 6.21. The topological polar surface area (TPSA) is 38.8 Å². The summed E-state index contributed by atoms with van der Waals surface area (Å²) in [7, 11) is 1.77. The van der Waals surface area contributed by atoms with Crippen molar-refractivity contribution >= 4 is 5.97 Å². The first kappa shape index (κ1) is 13.1. The van der Waals surface area contributed by atoms with E-state index < -0.39 is 5.60 Å². The lowest BCUT2D eigenvalue weighted by Gasteiger charge is -2.23. The maximum atomic E-state index is 11.8. The molecule has 0 N–H and O–H groups in total. The molecule has 0 aliphatic carbocycles. The minimum atomic E-state index is -0.465. The van der Waals surface area contributed by atoms with Gasteiger partial charge in [0.15, 0.2) is 0 Å². The number of likely N-dealkylation sites (N-methyl/N-ethyl adjacent to an activating group) is 1. The van der Waals surface area contributed by atoms with Gasteiger partial charge in [-0.25, -0.2) is 0 Å². The summed E-state index contributed by atoms with van der Waals surface area (Å²) >= 11 is 0. The van der Waals surface area contributed by atoms with Crippen LogP contribution in [0.3, 0.4) is 0 Å². The smallest absolute Gasteiger partial charge is 0.325 e. The third-order valence-electron chi connectivity index (χ3n) is 3.31. The zero-order valence-corrected chi connectivity index (χ0v) is 11.1. The van der Waals surface area contributed by atoms with Crippen molar-refractivity contribution in [3.63, 3.8) is 0 Å². The predicted molar refractivity (Wildman–Crippen MR) is 67.7 cm³/mol. The molecule has 1 saturated heterocycles. The molecule has 0 unspecified atom stereocenters. The van der Waals surface area contributed by atoms with E-state index in [-0.39, 0.29) is 12.0 Å². The molecule has 1 aromatic rings. The molecule has 98 valence electrons. The highest BCUT2D eigenvalue weighted by Gasteiger charge is 2.45. The minimum Gasteiger partial charge on any atom is -0.465 e. The van der Waals surface area contributed by atoms with E-state index in [1.54, 1.807) is 12.1 Å². The van der Waals surface area contributed by atoms with Gasteiger partial charge in [0.25, 0.3) is 0 Å². The number of nitrogens with zero attached hydrogens (tertiary/aromatic N) is 1. The maximum absolute atomic E-state index is 11.8. The molecule has 4 heteroatoms. The van der Waals surface area contributed by atoms with E-state index in [9.17, 15) is 4.79 Å². The molecule has 1 aliphatic rings. The van der Waals surface area contributed by atoms with Crippen molar-refractivity contribution in [3.05, 3.63) is 35.9 Å². The molecule has 0 bridgehead atoms. The highest BCUT2D eigenvalue weighted by atomic mass is 16.7. The van der Waals surface area contributed by atoms with Crippen molar-refractivity contribution in [2.45, 2.75) is 31.9 Å². The summed E-state index contributed by atoms with van der Waals surface area (Å²) in [4.78, 5) is 17.7. The van der Waals surface area contributed by atoms with Crippen molar-refractivity contribution < 1.29 is 14.4 Å². The maximum Gasteiger partial charge on any atom is 0.325 e. The quantitative estimate of drug-likeness (QED) is 0.769. The first-order chi connectivity index (χ1) is 8.57. The highest BCUT2D eigenvalue weighted by Crippen LogP contribution is 2.38. The standard InChI is InChI=1S/C14H19NO3/c1-4-17-13(16)12-10-14(2,18-15(12)3)11-8-6-5-7-9-11/h5-9,12H,4,10H2,1-3H3/t12-,14+/m1/s1. The average Bonchev–Trinajstić information content (AvgIpc) is 2.68. The van der Waals surface area contributed by atoms with Crippen LogP contribution in [-0.4, -0.2) is 30.7 Å². The molecule has 0 saturated carbocycles. The van der Waals surface area contributed by atoms with Gasteiger partial charge in [-0.15, -0.1) is 0 Å². The fourth-order valence-electron chi connectivity index (χ4n) is 2.35. The van der Waals surface area contributed by atoms with Gasteiger partial charge in [0.1, 0.15) is 11.6 Å². The average molecular weight is 249 g/mol. The Morgan fingerprint density at radius 2 is 2.17 bits per heavy atom. The summed E-state index contributed by atoms with van der Waals surface area (Å²) in [6.45, 7) is 4.20. The number of hydroxylamine groups is 2. The molecule has 0 spiro atoms. The van der Waals surface area contributed by atoms with Crippen LogP contribution >= 0.6 is 0 Å². The van der Waals surface area contributed by atoms with Crippen molar-refractivity contribution in [3.8, 4) is 0 Å². The summed E-state index contributed by atoms with van der Waals surface area (Å²) < 4.78 is 5.06. The lowest BCUT2D eigenvalue weighted by Crippen LogP contribution is -2.33. The third-order valence-corrected chi connectivity index (χ3v) is 3.31. The number of hydrogen-bond acceptors (Lipinski definition) is 4. The molecule has 1 fully saturated rings. The van der Waals surface area contributed by atoms with Gasteiger partial charge in [0.05, 0.1) is 6.61 Å². The van der Waals surface area contributed by atoms with Gasteiger partial charge in [-0.2, -0.15) is 5.06 Å². The predicted octanol–water partition coefficient (Wildman–Crippen LogP) is 2.10. The Morgan fingerprint density at radius 1 is 1.50 bits per heavy atom. The SMILES string of the molecule is CCOC(=O)[C@H]1C[C@@](C)(c2ccccc2)ON1C. The fraction of sp³-hybridized carbons (Fsp3) is 0.500. The van der Waals surface area contributed by atoms with Crippen LogP contribution in [0.5, 0.6) is 0 Å². The summed E-state index contributed by atoms with van der Waals surface area (Å²) in [6, 6.07) is 9.61. The molecule has 0 radical (unpaired) electrons. The normalized spacial score (nSPS) is 28.3. The molecule has 4 nitrogen and oxygen atoms in total. The molecule has 2 rings (SSSR count). The minimum absolute atomic E-state index is 0.223. The number of carbonyl (C=O) groups is 1. The lowest BCUT2D eigenvalue weighted by molar-refractivity contribution is -0.195. The largest absolute Gasteiger partial charge is 0.465 e. The third kappa shape index (κ3) is 2.40. The second-order valence-corrected chi connectivity index (χ2v) is 4.71. The monoisotopic (exact) mass is 249 g/mol. The van der Waals surface area contributed by atoms with Crippen LogP contribution in [0, 0.1) is 0 Å². The Hall–Kier alpha value is -1.39. The molecule has 0 aromatic heterocycles. The van der Waals surface area contributed by atoms with E-state index in [2.05, 4.69) is 0 Å². The first-order valence-electron chi connectivity index (χ1n) is 6.21. The molecule has 2 atom stereocenters. The summed E-state index contributed by atoms with van der Waals surface area (Å²) in [5.74, 6) is -0.223. The van der Waals surface area contributed by atoms with Crippen molar-refractivity contribution in [2.24, 2.45) is 0 Å². The molecule has 18 heavy (non-hydrogen) atoms. The lowest BCUT2D eigenvalue weighted by atomic mass is 9.90. The van der Waals surface area contributed by atoms with E-state index in [0.29, 0.717) is 13.0 Å². The Bertz CT molecular complexity index is 420. The molecule has 1 aliphatic heterocycles. The number of carbonyl (C=O) groups excluding carboxylic acids is 1. The van der Waals surface area contributed by atoms with E-state index in [4.69, 9.17) is 9.57 Å². The second-order valence-electron chi connectivity index (χ2n) is 4.71. The van der Waals surface area contributed by atoms with Gasteiger partial charge < -0.3 is 4.74 Å².